The second-order valence-electron chi connectivity index (χ2n) is 7.61. The predicted molar refractivity (Wildman–Crippen MR) is 98.7 cm³/mol. The molecule has 2 unspecified atom stereocenters. The first-order valence-corrected chi connectivity index (χ1v) is 9.04. The van der Waals surface area contributed by atoms with Crippen LogP contribution in [0.25, 0.3) is 0 Å². The van der Waals surface area contributed by atoms with Crippen LogP contribution >= 0.6 is 0 Å². The Hall–Kier alpha value is -3.14. The quantitative estimate of drug-likeness (QED) is 0.693. The Morgan fingerprint density at radius 1 is 1.26 bits per heavy atom. The lowest BCUT2D eigenvalue weighted by atomic mass is 9.54. The number of hydrogen-bond donors (Lipinski definition) is 3. The van der Waals surface area contributed by atoms with Crippen molar-refractivity contribution in [2.24, 2.45) is 17.3 Å². The van der Waals surface area contributed by atoms with Crippen LogP contribution in [0.5, 0.6) is 5.75 Å². The van der Waals surface area contributed by atoms with E-state index in [1.807, 2.05) is 6.08 Å². The van der Waals surface area contributed by atoms with Gasteiger partial charge in [0.2, 0.25) is 0 Å². The molecular weight excluding hydrogens is 338 g/mol. The number of phenols is 1. The summed E-state index contributed by atoms with van der Waals surface area (Å²) in [5.74, 6) is -1.61. The Morgan fingerprint density at radius 2 is 1.96 bits per heavy atom. The van der Waals surface area contributed by atoms with Gasteiger partial charge in [0.05, 0.1) is 43.1 Å². The number of benzene rings is 1. The molecule has 1 aromatic carbocycles. The number of nitrogens with zero attached hydrogens (tertiary/aromatic N) is 3. The van der Waals surface area contributed by atoms with Gasteiger partial charge in [0.25, 0.3) is 0 Å². The third-order valence-electron chi connectivity index (χ3n) is 5.95. The van der Waals surface area contributed by atoms with Crippen LogP contribution in [0.2, 0.25) is 0 Å². The number of quaternary nitrogens is 1. The zero-order chi connectivity index (χ0) is 19.8. The van der Waals surface area contributed by atoms with Gasteiger partial charge in [0.1, 0.15) is 11.7 Å². The summed E-state index contributed by atoms with van der Waals surface area (Å²) < 4.78 is 0. The van der Waals surface area contributed by atoms with Gasteiger partial charge in [-0.2, -0.15) is 15.8 Å². The summed E-state index contributed by atoms with van der Waals surface area (Å²) >= 11 is 0. The minimum atomic E-state index is -1.73. The Morgan fingerprint density at radius 3 is 2.52 bits per heavy atom. The normalized spacial score (nSPS) is 29.0. The SMILES string of the molecule is CC(C)[NH+]1CC=C2C(C#N)C(=N)C(C#N)(C#N)[C@H](c3cccc(O)c3)[C@@H]2C1. The molecule has 4 atom stereocenters. The standard InChI is InChI=1S/C21H21N5O/c1-13(2)26-7-6-16-17(9-22)20(25)21(11-23,12-24)19(18(16)10-26)14-4-3-5-15(27)8-14/h3-6,8,13,17-19,25,27H,7,10H2,1-2H3/p+1/t17?,18-,19-/m1/s1. The van der Waals surface area contributed by atoms with Gasteiger partial charge in [-0.05, 0) is 43.2 Å². The van der Waals surface area contributed by atoms with Gasteiger partial charge in [-0.3, -0.25) is 0 Å². The van der Waals surface area contributed by atoms with Crippen molar-refractivity contribution in [3.8, 4) is 24.0 Å². The molecule has 0 saturated heterocycles. The molecular formula is C21H22N5O+. The molecule has 0 aromatic heterocycles. The molecule has 2 aliphatic rings. The van der Waals surface area contributed by atoms with E-state index < -0.39 is 17.3 Å². The highest BCUT2D eigenvalue weighted by molar-refractivity contribution is 6.00. The zero-order valence-electron chi connectivity index (χ0n) is 15.4. The molecule has 1 aromatic rings. The number of nitrogens with one attached hydrogen (secondary N) is 2. The van der Waals surface area contributed by atoms with Gasteiger partial charge in [-0.15, -0.1) is 0 Å². The van der Waals surface area contributed by atoms with Crippen LogP contribution < -0.4 is 4.90 Å². The van der Waals surface area contributed by atoms with E-state index in [0.717, 1.165) is 12.1 Å². The number of fused-ring (bicyclic) bond motifs is 1. The van der Waals surface area contributed by atoms with Crippen molar-refractivity contribution >= 4 is 5.71 Å². The van der Waals surface area contributed by atoms with Crippen molar-refractivity contribution in [1.29, 1.82) is 21.2 Å². The minimum absolute atomic E-state index is 0.0561. The number of aromatic hydroxyl groups is 1. The average Bonchev–Trinajstić information content (AvgIpc) is 2.66. The summed E-state index contributed by atoms with van der Waals surface area (Å²) in [4.78, 5) is 1.31. The van der Waals surface area contributed by atoms with Crippen molar-refractivity contribution in [3.05, 3.63) is 41.5 Å². The van der Waals surface area contributed by atoms with Crippen molar-refractivity contribution in [2.45, 2.75) is 25.8 Å². The fraction of sp³-hybridized carbons (Fsp3) is 0.429. The van der Waals surface area contributed by atoms with Crippen LogP contribution in [0.1, 0.15) is 25.3 Å². The van der Waals surface area contributed by atoms with Gasteiger partial charge < -0.3 is 15.4 Å². The van der Waals surface area contributed by atoms with Crippen molar-refractivity contribution in [1.82, 2.24) is 0 Å². The molecule has 0 radical (unpaired) electrons. The highest BCUT2D eigenvalue weighted by atomic mass is 16.3. The van der Waals surface area contributed by atoms with Crippen LogP contribution in [0, 0.1) is 56.7 Å². The molecule has 1 aliphatic carbocycles. The first kappa shape index (κ1) is 18.6. The topological polar surface area (TPSA) is 120 Å². The van der Waals surface area contributed by atoms with Crippen LogP contribution in [0.15, 0.2) is 35.9 Å². The van der Waals surface area contributed by atoms with E-state index in [2.05, 4.69) is 32.1 Å². The second-order valence-corrected chi connectivity index (χ2v) is 7.61. The first-order valence-electron chi connectivity index (χ1n) is 9.04. The highest BCUT2D eigenvalue weighted by Crippen LogP contribution is 2.52. The van der Waals surface area contributed by atoms with E-state index >= 15 is 0 Å². The molecule has 27 heavy (non-hydrogen) atoms. The lowest BCUT2D eigenvalue weighted by Crippen LogP contribution is -3.16. The van der Waals surface area contributed by atoms with Crippen molar-refractivity contribution in [3.63, 3.8) is 0 Å². The molecule has 3 N–H and O–H groups in total. The second kappa shape index (κ2) is 6.88. The third kappa shape index (κ3) is 2.78. The summed E-state index contributed by atoms with van der Waals surface area (Å²) in [7, 11) is 0. The van der Waals surface area contributed by atoms with Crippen LogP contribution in [0.4, 0.5) is 0 Å². The van der Waals surface area contributed by atoms with E-state index in [4.69, 9.17) is 5.41 Å². The first-order chi connectivity index (χ1) is 12.9. The van der Waals surface area contributed by atoms with E-state index in [1.165, 1.54) is 4.90 Å². The summed E-state index contributed by atoms with van der Waals surface area (Å²) in [6, 6.07) is 13.2. The number of rotatable bonds is 2. The van der Waals surface area contributed by atoms with Crippen molar-refractivity contribution < 1.29 is 10.0 Å². The van der Waals surface area contributed by atoms with Crippen LogP contribution in [0.3, 0.4) is 0 Å². The maximum Gasteiger partial charge on any atom is 0.189 e. The van der Waals surface area contributed by atoms with E-state index in [-0.39, 0.29) is 17.4 Å². The summed E-state index contributed by atoms with van der Waals surface area (Å²) in [5.41, 5.74) is -0.393. The lowest BCUT2D eigenvalue weighted by molar-refractivity contribution is -0.920. The molecule has 1 fully saturated rings. The number of hydrogen-bond acceptors (Lipinski definition) is 5. The van der Waals surface area contributed by atoms with Crippen molar-refractivity contribution in [2.75, 3.05) is 13.1 Å². The van der Waals surface area contributed by atoms with Gasteiger partial charge in [0, 0.05) is 11.8 Å². The average molecular weight is 360 g/mol. The Labute approximate surface area is 159 Å². The molecule has 1 saturated carbocycles. The molecule has 6 nitrogen and oxygen atoms in total. The van der Waals surface area contributed by atoms with Crippen LogP contribution in [-0.2, 0) is 0 Å². The molecule has 0 spiro atoms. The fourth-order valence-corrected chi connectivity index (χ4v) is 4.49. The minimum Gasteiger partial charge on any atom is -0.508 e. The molecule has 0 amide bonds. The molecule has 0 bridgehead atoms. The molecule has 6 heteroatoms. The van der Waals surface area contributed by atoms with Gasteiger partial charge in [-0.25, -0.2) is 0 Å². The van der Waals surface area contributed by atoms with E-state index in [1.54, 1.807) is 24.3 Å². The van der Waals surface area contributed by atoms with Gasteiger partial charge in [0.15, 0.2) is 5.41 Å². The summed E-state index contributed by atoms with van der Waals surface area (Å²) in [6.45, 7) is 5.67. The van der Waals surface area contributed by atoms with E-state index in [9.17, 15) is 20.9 Å². The number of nitriles is 3. The Balaban J connectivity index is 2.25. The maximum atomic E-state index is 9.98. The summed E-state index contributed by atoms with van der Waals surface area (Å²) in [5, 5.41) is 48.2. The fourth-order valence-electron chi connectivity index (χ4n) is 4.49. The molecule has 136 valence electrons. The molecule has 1 aliphatic heterocycles. The Kier molecular flexibility index (Phi) is 4.75. The predicted octanol–water partition coefficient (Wildman–Crippen LogP) is 1.53. The third-order valence-corrected chi connectivity index (χ3v) is 5.95. The molecule has 3 rings (SSSR count). The van der Waals surface area contributed by atoms with Gasteiger partial charge >= 0.3 is 0 Å². The maximum absolute atomic E-state index is 9.98. The summed E-state index contributed by atoms with van der Waals surface area (Å²) in [6.07, 6.45) is 2.01. The number of phenolic OH excluding ortho intramolecular Hbond substituents is 1. The zero-order valence-corrected chi connectivity index (χ0v) is 15.4. The Bertz CT molecular complexity index is 913. The van der Waals surface area contributed by atoms with E-state index in [0.29, 0.717) is 18.2 Å². The van der Waals surface area contributed by atoms with Gasteiger partial charge in [-0.1, -0.05) is 12.1 Å². The highest BCUT2D eigenvalue weighted by Gasteiger charge is 2.58. The smallest absolute Gasteiger partial charge is 0.189 e. The monoisotopic (exact) mass is 360 g/mol. The van der Waals surface area contributed by atoms with Crippen LogP contribution in [-0.4, -0.2) is 29.9 Å². The molecule has 1 heterocycles. The largest absolute Gasteiger partial charge is 0.508 e. The lowest BCUT2D eigenvalue weighted by Gasteiger charge is -2.47.